The summed E-state index contributed by atoms with van der Waals surface area (Å²) < 4.78 is 11.3. The maximum absolute atomic E-state index is 12.7. The van der Waals surface area contributed by atoms with Crippen LogP contribution in [0.4, 0.5) is 0 Å². The second-order valence-electron chi connectivity index (χ2n) is 10.1. The molecular formula is C30H38N2O10S. The number of benzene rings is 2. The van der Waals surface area contributed by atoms with Gasteiger partial charge in [0.15, 0.2) is 0 Å². The van der Waals surface area contributed by atoms with Gasteiger partial charge < -0.3 is 45.3 Å². The molecule has 1 fully saturated rings. The van der Waals surface area contributed by atoms with Crippen LogP contribution >= 0.6 is 11.8 Å². The predicted octanol–water partition coefficient (Wildman–Crippen LogP) is 0.970. The summed E-state index contributed by atoms with van der Waals surface area (Å²) in [5, 5.41) is 47.6. The number of hydrogen-bond donors (Lipinski definition) is 6. The van der Waals surface area contributed by atoms with Crippen molar-refractivity contribution in [1.29, 1.82) is 0 Å². The quantitative estimate of drug-likeness (QED) is 0.116. The largest absolute Gasteiger partial charge is 0.477 e. The molecule has 234 valence electrons. The predicted molar refractivity (Wildman–Crippen MR) is 158 cm³/mol. The van der Waals surface area contributed by atoms with E-state index in [1.807, 2.05) is 30.3 Å². The maximum atomic E-state index is 12.7. The monoisotopic (exact) mass is 618 g/mol. The highest BCUT2D eigenvalue weighted by Gasteiger charge is 2.55. The highest BCUT2D eigenvalue weighted by Crippen LogP contribution is 2.34. The van der Waals surface area contributed by atoms with Gasteiger partial charge >= 0.3 is 5.97 Å². The van der Waals surface area contributed by atoms with Crippen molar-refractivity contribution < 1.29 is 49.1 Å². The fourth-order valence-corrected chi connectivity index (χ4v) is 5.45. The van der Waals surface area contributed by atoms with Crippen LogP contribution in [0.3, 0.4) is 0 Å². The zero-order chi connectivity index (χ0) is 31.4. The molecule has 1 aliphatic heterocycles. The molecule has 1 aliphatic rings. The van der Waals surface area contributed by atoms with Crippen LogP contribution in [0.25, 0.3) is 11.1 Å². The van der Waals surface area contributed by atoms with Gasteiger partial charge in [0.2, 0.25) is 5.91 Å². The number of carboxylic acids is 1. The maximum Gasteiger partial charge on any atom is 0.364 e. The minimum atomic E-state index is -2.36. The Morgan fingerprint density at radius 3 is 2.40 bits per heavy atom. The van der Waals surface area contributed by atoms with Gasteiger partial charge in [-0.2, -0.15) is 11.8 Å². The minimum Gasteiger partial charge on any atom is -0.477 e. The number of carbonyl (C=O) groups excluding carboxylic acids is 3. The molecule has 6 N–H and O–H groups in total. The number of carboxylic acid groups (broad SMARTS) is 1. The van der Waals surface area contributed by atoms with E-state index in [2.05, 4.69) is 10.6 Å². The van der Waals surface area contributed by atoms with E-state index in [-0.39, 0.29) is 6.61 Å². The van der Waals surface area contributed by atoms with Crippen LogP contribution in [0.2, 0.25) is 0 Å². The van der Waals surface area contributed by atoms with Crippen molar-refractivity contribution >= 4 is 35.8 Å². The van der Waals surface area contributed by atoms with Crippen LogP contribution in [0, 0.1) is 0 Å². The molecule has 0 radical (unpaired) electrons. The van der Waals surface area contributed by atoms with Crippen molar-refractivity contribution in [2.45, 2.75) is 62.4 Å². The molecule has 43 heavy (non-hydrogen) atoms. The van der Waals surface area contributed by atoms with Crippen molar-refractivity contribution in [3.8, 4) is 11.1 Å². The molecule has 0 bridgehead atoms. The van der Waals surface area contributed by atoms with Gasteiger partial charge in [0.1, 0.15) is 18.5 Å². The van der Waals surface area contributed by atoms with Crippen LogP contribution < -0.4 is 10.6 Å². The summed E-state index contributed by atoms with van der Waals surface area (Å²) in [4.78, 5) is 47.3. The second kappa shape index (κ2) is 16.5. The first-order chi connectivity index (χ1) is 20.6. The summed E-state index contributed by atoms with van der Waals surface area (Å²) in [6.07, 6.45) is -5.56. The normalized spacial score (nSPS) is 23.1. The van der Waals surface area contributed by atoms with Gasteiger partial charge in [0, 0.05) is 31.9 Å². The Kier molecular flexibility index (Phi) is 13.1. The van der Waals surface area contributed by atoms with Gasteiger partial charge in [0.25, 0.3) is 11.7 Å². The zero-order valence-corrected chi connectivity index (χ0v) is 24.6. The van der Waals surface area contributed by atoms with Crippen molar-refractivity contribution in [2.75, 3.05) is 24.7 Å². The van der Waals surface area contributed by atoms with E-state index in [0.717, 1.165) is 17.4 Å². The number of aliphatic carboxylic acids is 1. The molecule has 0 aliphatic carbocycles. The molecule has 1 saturated heterocycles. The molecule has 1 heterocycles. The Morgan fingerprint density at radius 1 is 1.09 bits per heavy atom. The van der Waals surface area contributed by atoms with Crippen LogP contribution in [0.15, 0.2) is 54.6 Å². The first-order valence-corrected chi connectivity index (χ1v) is 15.0. The molecule has 3 rings (SSSR count). The number of thioether (sulfide) groups is 1. The van der Waals surface area contributed by atoms with E-state index in [9.17, 15) is 39.6 Å². The molecule has 13 heteroatoms. The lowest BCUT2D eigenvalue weighted by Crippen LogP contribution is -2.68. The zero-order valence-electron chi connectivity index (χ0n) is 23.8. The van der Waals surface area contributed by atoms with Crippen LogP contribution in [0.5, 0.6) is 0 Å². The number of nitrogens with one attached hydrogen (secondary N) is 2. The van der Waals surface area contributed by atoms with Gasteiger partial charge in [0.05, 0.1) is 24.9 Å². The summed E-state index contributed by atoms with van der Waals surface area (Å²) in [7, 11) is 0. The Hall–Kier alpha value is -3.33. The fraction of sp³-hybridized carbons (Fsp3) is 0.467. The van der Waals surface area contributed by atoms with E-state index in [1.54, 1.807) is 24.3 Å². The Labute approximate surface area is 253 Å². The van der Waals surface area contributed by atoms with Gasteiger partial charge in [-0.25, -0.2) is 4.79 Å². The lowest BCUT2D eigenvalue weighted by molar-refractivity contribution is -0.310. The Bertz CT molecular complexity index is 1220. The summed E-state index contributed by atoms with van der Waals surface area (Å²) in [5.74, 6) is -3.83. The summed E-state index contributed by atoms with van der Waals surface area (Å²) in [5.41, 5.74) is 2.20. The smallest absolute Gasteiger partial charge is 0.364 e. The number of amides is 2. The lowest BCUT2D eigenvalue weighted by atomic mass is 9.88. The van der Waals surface area contributed by atoms with Crippen molar-refractivity contribution in [2.24, 2.45) is 0 Å². The first kappa shape index (κ1) is 34.2. The van der Waals surface area contributed by atoms with Gasteiger partial charge in [-0.1, -0.05) is 42.5 Å². The minimum absolute atomic E-state index is 0.0671. The van der Waals surface area contributed by atoms with Crippen LogP contribution in [0.1, 0.15) is 36.5 Å². The standard InChI is InChI=1S/C30H38N2O10S/c1-19(34)32-25-23(35)17-30(29(39)40,41-14-6-16-43-15-5-13-33)42-27(25)26(37)24(36)18-31-28(38)22-11-9-21(10-12-22)20-7-3-2-4-8-20/h2-4,7-13,23-27,35-37H,5-6,14-18H2,1H3,(H,31,38)(H,32,34)(H,39,40)/t23-,24+,25+,26?,27+,30+/m0/s1. The Morgan fingerprint density at radius 2 is 1.77 bits per heavy atom. The number of aldehydes is 1. The van der Waals surface area contributed by atoms with E-state index >= 15 is 0 Å². The SMILES string of the molecule is CC(=O)N[C@@H]1[C@@H](O)C[C@](OCCCSCCC=O)(C(=O)O)O[C@H]1C(O)[C@H](O)CNC(=O)c1ccc(-c2ccccc2)cc1. The van der Waals surface area contributed by atoms with Gasteiger partial charge in [-0.3, -0.25) is 9.59 Å². The van der Waals surface area contributed by atoms with E-state index in [1.165, 1.54) is 18.7 Å². The molecule has 0 aromatic heterocycles. The average molecular weight is 619 g/mol. The number of aliphatic hydroxyl groups excluding tert-OH is 3. The third-order valence-electron chi connectivity index (χ3n) is 6.87. The molecule has 0 saturated carbocycles. The van der Waals surface area contributed by atoms with Gasteiger partial charge in [-0.05, 0) is 41.2 Å². The second-order valence-corrected chi connectivity index (χ2v) is 11.3. The summed E-state index contributed by atoms with van der Waals surface area (Å²) in [6.45, 7) is 0.665. The molecule has 0 spiro atoms. The lowest BCUT2D eigenvalue weighted by Gasteiger charge is -2.46. The van der Waals surface area contributed by atoms with Crippen molar-refractivity contribution in [1.82, 2.24) is 10.6 Å². The molecule has 2 aromatic carbocycles. The molecule has 2 aromatic rings. The third-order valence-corrected chi connectivity index (χ3v) is 7.98. The number of ether oxygens (including phenoxy) is 2. The molecule has 12 nitrogen and oxygen atoms in total. The Balaban J connectivity index is 1.66. The third kappa shape index (κ3) is 9.58. The number of rotatable bonds is 16. The molecule has 2 amide bonds. The fourth-order valence-electron chi connectivity index (χ4n) is 4.67. The molecule has 6 atom stereocenters. The highest BCUT2D eigenvalue weighted by molar-refractivity contribution is 7.99. The van der Waals surface area contributed by atoms with Crippen LogP contribution in [-0.2, 0) is 23.9 Å². The number of hydrogen-bond acceptors (Lipinski definition) is 10. The first-order valence-electron chi connectivity index (χ1n) is 13.9. The highest BCUT2D eigenvalue weighted by atomic mass is 32.2. The van der Waals surface area contributed by atoms with E-state index < -0.39 is 67.0 Å². The van der Waals surface area contributed by atoms with E-state index in [4.69, 9.17) is 9.47 Å². The molecular weight excluding hydrogens is 580 g/mol. The van der Waals surface area contributed by atoms with Crippen LogP contribution in [-0.4, -0.2) is 105 Å². The van der Waals surface area contributed by atoms with Crippen molar-refractivity contribution in [3.05, 3.63) is 60.2 Å². The average Bonchev–Trinajstić information content (AvgIpc) is 3.00. The van der Waals surface area contributed by atoms with Gasteiger partial charge in [-0.15, -0.1) is 0 Å². The topological polar surface area (TPSA) is 192 Å². The van der Waals surface area contributed by atoms with E-state index in [0.29, 0.717) is 29.9 Å². The summed E-state index contributed by atoms with van der Waals surface area (Å²) >= 11 is 1.49. The molecule has 1 unspecified atom stereocenters. The number of aliphatic hydroxyl groups is 3. The summed E-state index contributed by atoms with van der Waals surface area (Å²) in [6, 6.07) is 15.1. The number of carbonyl (C=O) groups is 4. The van der Waals surface area contributed by atoms with Crippen molar-refractivity contribution in [3.63, 3.8) is 0 Å².